The van der Waals surface area contributed by atoms with Crippen LogP contribution in [-0.4, -0.2) is 26.8 Å². The minimum atomic E-state index is -0.0396. The molecule has 31 heavy (non-hydrogen) atoms. The summed E-state index contributed by atoms with van der Waals surface area (Å²) in [5.74, 6) is 0.739. The number of aliphatic hydroxyl groups is 1. The second-order valence-corrected chi connectivity index (χ2v) is 8.38. The summed E-state index contributed by atoms with van der Waals surface area (Å²) in [6.45, 7) is 2.05. The van der Waals surface area contributed by atoms with E-state index in [0.29, 0.717) is 0 Å². The monoisotopic (exact) mass is 427 g/mol. The molecule has 0 spiro atoms. The number of thiazole rings is 1. The number of benzene rings is 3. The molecule has 5 nitrogen and oxygen atoms in total. The van der Waals surface area contributed by atoms with Crippen LogP contribution in [0.2, 0.25) is 0 Å². The standard InChI is InChI=1S/C25H21N3O2S/c1-16-3-5-18(6-4-16)22-13-26-15-28(22)20-9-7-19(8-10-20)25-27-21-11-17(14-29)12-23(30-2)24(21)31-25/h3-13,15,29H,14H2,1-2H3. The van der Waals surface area contributed by atoms with Crippen molar-refractivity contribution in [2.45, 2.75) is 13.5 Å². The predicted octanol–water partition coefficient (Wildman–Crippen LogP) is 5.63. The zero-order valence-corrected chi connectivity index (χ0v) is 18.1. The van der Waals surface area contributed by atoms with E-state index in [2.05, 4.69) is 65.0 Å². The molecule has 0 amide bonds. The number of rotatable bonds is 5. The smallest absolute Gasteiger partial charge is 0.138 e. The lowest BCUT2D eigenvalue weighted by Crippen LogP contribution is -1.95. The SMILES string of the molecule is COc1cc(CO)cc2nc(-c3ccc(-n4cncc4-c4ccc(C)cc4)cc3)sc12. The Morgan fingerprint density at radius 3 is 2.45 bits per heavy atom. The minimum Gasteiger partial charge on any atom is -0.495 e. The van der Waals surface area contributed by atoms with E-state index >= 15 is 0 Å². The van der Waals surface area contributed by atoms with Gasteiger partial charge in [-0.1, -0.05) is 29.8 Å². The van der Waals surface area contributed by atoms with Gasteiger partial charge in [-0.25, -0.2) is 9.97 Å². The second-order valence-electron chi connectivity index (χ2n) is 7.39. The molecule has 0 saturated heterocycles. The Hall–Kier alpha value is -3.48. The molecule has 154 valence electrons. The van der Waals surface area contributed by atoms with Crippen molar-refractivity contribution >= 4 is 21.6 Å². The number of fused-ring (bicyclic) bond motifs is 1. The van der Waals surface area contributed by atoms with Crippen molar-refractivity contribution in [1.29, 1.82) is 0 Å². The number of methoxy groups -OCH3 is 1. The molecule has 3 aromatic carbocycles. The highest BCUT2D eigenvalue weighted by molar-refractivity contribution is 7.22. The van der Waals surface area contributed by atoms with Gasteiger partial charge < -0.3 is 9.84 Å². The molecular formula is C25H21N3O2S. The van der Waals surface area contributed by atoms with Gasteiger partial charge in [0.2, 0.25) is 0 Å². The lowest BCUT2D eigenvalue weighted by molar-refractivity contribution is 0.281. The lowest BCUT2D eigenvalue weighted by atomic mass is 10.1. The third-order valence-corrected chi connectivity index (χ3v) is 6.43. The average Bonchev–Trinajstić information content (AvgIpc) is 3.46. The number of hydrogen-bond acceptors (Lipinski definition) is 5. The molecule has 0 unspecified atom stereocenters. The fourth-order valence-corrected chi connectivity index (χ4v) is 4.67. The van der Waals surface area contributed by atoms with Gasteiger partial charge >= 0.3 is 0 Å². The maximum atomic E-state index is 9.49. The Morgan fingerprint density at radius 2 is 1.74 bits per heavy atom. The van der Waals surface area contributed by atoms with Crippen LogP contribution >= 0.6 is 11.3 Å². The van der Waals surface area contributed by atoms with Crippen molar-refractivity contribution in [1.82, 2.24) is 14.5 Å². The Labute approximate surface area is 184 Å². The Balaban J connectivity index is 1.50. The molecule has 0 atom stereocenters. The first-order valence-electron chi connectivity index (χ1n) is 9.95. The fraction of sp³-hybridized carbons (Fsp3) is 0.120. The van der Waals surface area contributed by atoms with Crippen LogP contribution in [-0.2, 0) is 6.61 Å². The van der Waals surface area contributed by atoms with Crippen molar-refractivity contribution in [3.05, 3.63) is 84.3 Å². The van der Waals surface area contributed by atoms with Gasteiger partial charge in [-0.2, -0.15) is 0 Å². The summed E-state index contributed by atoms with van der Waals surface area (Å²) in [5, 5.41) is 10.4. The number of aliphatic hydroxyl groups excluding tert-OH is 1. The molecule has 0 radical (unpaired) electrons. The molecule has 0 aliphatic heterocycles. The molecule has 0 aliphatic rings. The topological polar surface area (TPSA) is 60.2 Å². The highest BCUT2D eigenvalue weighted by atomic mass is 32.1. The van der Waals surface area contributed by atoms with Gasteiger partial charge in [0.05, 0.1) is 42.2 Å². The maximum absolute atomic E-state index is 9.49. The first kappa shape index (κ1) is 19.5. The lowest BCUT2D eigenvalue weighted by Gasteiger charge is -2.09. The predicted molar refractivity (Wildman–Crippen MR) is 125 cm³/mol. The molecule has 6 heteroatoms. The zero-order chi connectivity index (χ0) is 21.4. The van der Waals surface area contributed by atoms with Crippen molar-refractivity contribution in [2.24, 2.45) is 0 Å². The third-order valence-electron chi connectivity index (χ3n) is 5.30. The molecule has 2 aromatic heterocycles. The van der Waals surface area contributed by atoms with Gasteiger partial charge in [-0.05, 0) is 48.9 Å². The van der Waals surface area contributed by atoms with Crippen LogP contribution in [0.1, 0.15) is 11.1 Å². The van der Waals surface area contributed by atoms with E-state index in [1.165, 1.54) is 5.56 Å². The van der Waals surface area contributed by atoms with Crippen LogP contribution < -0.4 is 4.74 Å². The largest absolute Gasteiger partial charge is 0.495 e. The molecule has 0 fully saturated rings. The maximum Gasteiger partial charge on any atom is 0.138 e. The van der Waals surface area contributed by atoms with Crippen LogP contribution in [0.4, 0.5) is 0 Å². The minimum absolute atomic E-state index is 0.0396. The third kappa shape index (κ3) is 3.60. The van der Waals surface area contributed by atoms with Crippen LogP contribution in [0.25, 0.3) is 37.7 Å². The van der Waals surface area contributed by atoms with E-state index in [0.717, 1.165) is 49.0 Å². The number of imidazole rings is 1. The Morgan fingerprint density at radius 1 is 1.00 bits per heavy atom. The first-order chi connectivity index (χ1) is 15.2. The van der Waals surface area contributed by atoms with Gasteiger partial charge in [0.1, 0.15) is 10.8 Å². The van der Waals surface area contributed by atoms with Gasteiger partial charge in [-0.15, -0.1) is 11.3 Å². The molecule has 2 heterocycles. The van der Waals surface area contributed by atoms with Crippen molar-refractivity contribution in [2.75, 3.05) is 7.11 Å². The molecule has 5 aromatic rings. The first-order valence-corrected chi connectivity index (χ1v) is 10.8. The van der Waals surface area contributed by atoms with E-state index in [9.17, 15) is 5.11 Å². The second kappa shape index (κ2) is 7.98. The summed E-state index contributed by atoms with van der Waals surface area (Å²) < 4.78 is 8.57. The summed E-state index contributed by atoms with van der Waals surface area (Å²) in [6.07, 6.45) is 3.72. The summed E-state index contributed by atoms with van der Waals surface area (Å²) in [4.78, 5) is 9.13. The number of hydrogen-bond donors (Lipinski definition) is 1. The average molecular weight is 428 g/mol. The quantitative estimate of drug-likeness (QED) is 0.395. The van der Waals surface area contributed by atoms with Gasteiger partial charge in [-0.3, -0.25) is 4.57 Å². The number of nitrogens with zero attached hydrogens (tertiary/aromatic N) is 3. The number of aromatic nitrogens is 3. The number of ether oxygens (including phenoxy) is 1. The van der Waals surface area contributed by atoms with Gasteiger partial charge in [0, 0.05) is 16.8 Å². The Kier molecular flexibility index (Phi) is 5.02. The molecule has 1 N–H and O–H groups in total. The fourth-order valence-electron chi connectivity index (χ4n) is 3.63. The van der Waals surface area contributed by atoms with E-state index < -0.39 is 0 Å². The molecule has 0 bridgehead atoms. The zero-order valence-electron chi connectivity index (χ0n) is 17.2. The highest BCUT2D eigenvalue weighted by Crippen LogP contribution is 2.37. The van der Waals surface area contributed by atoms with Crippen molar-refractivity contribution in [3.8, 4) is 33.3 Å². The Bertz CT molecular complexity index is 1350. The molecule has 5 rings (SSSR count). The van der Waals surface area contributed by atoms with Crippen LogP contribution in [0.3, 0.4) is 0 Å². The van der Waals surface area contributed by atoms with Crippen molar-refractivity contribution in [3.63, 3.8) is 0 Å². The molecular weight excluding hydrogens is 406 g/mol. The normalized spacial score (nSPS) is 11.2. The summed E-state index contributed by atoms with van der Waals surface area (Å²) in [5.41, 5.74) is 7.12. The molecule has 0 saturated carbocycles. The summed E-state index contributed by atoms with van der Waals surface area (Å²) in [6, 6.07) is 20.5. The van der Waals surface area contributed by atoms with Gasteiger partial charge in [0.15, 0.2) is 0 Å². The van der Waals surface area contributed by atoms with Crippen molar-refractivity contribution < 1.29 is 9.84 Å². The van der Waals surface area contributed by atoms with Crippen LogP contribution in [0, 0.1) is 6.92 Å². The van der Waals surface area contributed by atoms with Crippen LogP contribution in [0.15, 0.2) is 73.2 Å². The van der Waals surface area contributed by atoms with E-state index in [-0.39, 0.29) is 6.61 Å². The summed E-state index contributed by atoms with van der Waals surface area (Å²) >= 11 is 1.59. The highest BCUT2D eigenvalue weighted by Gasteiger charge is 2.13. The summed E-state index contributed by atoms with van der Waals surface area (Å²) in [7, 11) is 1.64. The van der Waals surface area contributed by atoms with E-state index in [4.69, 9.17) is 9.72 Å². The van der Waals surface area contributed by atoms with Gasteiger partial charge in [0.25, 0.3) is 0 Å². The van der Waals surface area contributed by atoms with Crippen LogP contribution in [0.5, 0.6) is 5.75 Å². The number of aryl methyl sites for hydroxylation is 1. The van der Waals surface area contributed by atoms with E-state index in [1.807, 2.05) is 24.7 Å². The molecule has 0 aliphatic carbocycles. The van der Waals surface area contributed by atoms with E-state index in [1.54, 1.807) is 18.4 Å².